The van der Waals surface area contributed by atoms with E-state index in [0.717, 1.165) is 0 Å². The van der Waals surface area contributed by atoms with E-state index in [2.05, 4.69) is 20.6 Å². The lowest BCUT2D eigenvalue weighted by Crippen LogP contribution is -2.43. The number of sulfone groups is 1. The molecule has 0 unspecified atom stereocenters. The lowest BCUT2D eigenvalue weighted by Gasteiger charge is -2.33. The molecule has 0 saturated heterocycles. The number of nitrogens with one attached hydrogen (secondary N) is 2. The molecule has 4 bridgehead atoms. The highest BCUT2D eigenvalue weighted by molar-refractivity contribution is 7.92. The third-order valence-corrected chi connectivity index (χ3v) is 10.0. The molecule has 2 aromatic carbocycles. The number of fused-ring (bicyclic) bond motifs is 13. The molecule has 1 atom stereocenters. The Balaban J connectivity index is 1.70. The van der Waals surface area contributed by atoms with E-state index in [1.807, 2.05) is 0 Å². The van der Waals surface area contributed by atoms with E-state index in [-0.39, 0.29) is 42.6 Å². The van der Waals surface area contributed by atoms with Gasteiger partial charge in [-0.2, -0.15) is 0 Å². The molecule has 5 rings (SSSR count). The van der Waals surface area contributed by atoms with Gasteiger partial charge in [0.2, 0.25) is 0 Å². The molecule has 14 heteroatoms. The summed E-state index contributed by atoms with van der Waals surface area (Å²) in [6.07, 6.45) is 1.85. The number of para-hydroxylation sites is 1. The van der Waals surface area contributed by atoms with Gasteiger partial charge in [-0.3, -0.25) is 4.79 Å². The first kappa shape index (κ1) is 36.6. The summed E-state index contributed by atoms with van der Waals surface area (Å²) < 4.78 is 43.2. The van der Waals surface area contributed by atoms with Crippen molar-refractivity contribution in [1.29, 1.82) is 0 Å². The normalized spacial score (nSPS) is 20.2. The molecule has 2 aliphatic rings. The van der Waals surface area contributed by atoms with Crippen LogP contribution in [0.15, 0.2) is 53.6 Å². The Hall–Kier alpha value is -4.27. The van der Waals surface area contributed by atoms with Crippen LogP contribution >= 0.6 is 0 Å². The number of anilines is 2. The van der Waals surface area contributed by atoms with Gasteiger partial charge in [-0.15, -0.1) is 0 Å². The van der Waals surface area contributed by atoms with Crippen molar-refractivity contribution in [2.75, 3.05) is 30.9 Å². The fourth-order valence-corrected chi connectivity index (χ4v) is 6.95. The molecule has 1 aromatic heterocycles. The molecule has 3 heterocycles. The number of nitrogens with zero attached hydrogens (tertiary/aromatic N) is 2. The van der Waals surface area contributed by atoms with Crippen LogP contribution in [0.3, 0.4) is 0 Å². The molecule has 0 saturated carbocycles. The van der Waals surface area contributed by atoms with Gasteiger partial charge in [0.25, 0.3) is 5.91 Å². The fourth-order valence-electron chi connectivity index (χ4n) is 5.32. The Morgan fingerprint density at radius 1 is 1.10 bits per heavy atom. The lowest BCUT2D eigenvalue weighted by atomic mass is 9.94. The number of amides is 2. The van der Waals surface area contributed by atoms with Gasteiger partial charge in [-0.1, -0.05) is 24.3 Å². The number of benzene rings is 2. The summed E-state index contributed by atoms with van der Waals surface area (Å²) >= 11 is 0. The third kappa shape index (κ3) is 9.20. The van der Waals surface area contributed by atoms with Gasteiger partial charge in [0.1, 0.15) is 11.4 Å². The molecule has 0 spiro atoms. The second-order valence-corrected chi connectivity index (χ2v) is 16.2. The Morgan fingerprint density at radius 2 is 1.79 bits per heavy atom. The molecule has 0 aliphatic carbocycles. The van der Waals surface area contributed by atoms with Gasteiger partial charge in [-0.05, 0) is 79.0 Å². The van der Waals surface area contributed by atoms with Crippen molar-refractivity contribution in [2.45, 2.75) is 88.2 Å². The number of carbonyl (C=O) groups excluding carboxylic acids is 2. The lowest BCUT2D eigenvalue weighted by molar-refractivity contribution is -0.0444. The Morgan fingerprint density at radius 3 is 2.48 bits per heavy atom. The van der Waals surface area contributed by atoms with Crippen LogP contribution in [-0.2, 0) is 25.9 Å². The Bertz CT molecular complexity index is 1740. The van der Waals surface area contributed by atoms with E-state index in [1.54, 1.807) is 71.9 Å². The number of ether oxygens (including phenoxy) is 3. The number of carbonyl (C=O) groups is 2. The number of hydrogen-bond acceptors (Lipinski definition) is 11. The van der Waals surface area contributed by atoms with Crippen LogP contribution in [0.2, 0.25) is 0 Å². The van der Waals surface area contributed by atoms with Crippen molar-refractivity contribution in [3.8, 4) is 17.0 Å². The summed E-state index contributed by atoms with van der Waals surface area (Å²) in [5, 5.41) is 16.6. The minimum Gasteiger partial charge on any atom is -0.491 e. The van der Waals surface area contributed by atoms with E-state index in [1.165, 1.54) is 18.3 Å². The van der Waals surface area contributed by atoms with Crippen LogP contribution in [0.25, 0.3) is 11.3 Å². The maximum atomic E-state index is 13.6. The first-order valence-electron chi connectivity index (χ1n) is 15.7. The quantitative estimate of drug-likeness (QED) is 0.288. The monoisotopic (exact) mass is 683 g/mol. The Kier molecular flexibility index (Phi) is 11.0. The molecule has 2 amide bonds. The molecule has 0 radical (unpaired) electrons. The van der Waals surface area contributed by atoms with Crippen molar-refractivity contribution in [3.63, 3.8) is 0 Å². The predicted molar refractivity (Wildman–Crippen MR) is 181 cm³/mol. The van der Waals surface area contributed by atoms with E-state index < -0.39 is 37.8 Å². The van der Waals surface area contributed by atoms with Gasteiger partial charge >= 0.3 is 6.09 Å². The zero-order valence-corrected chi connectivity index (χ0v) is 29.1. The van der Waals surface area contributed by atoms with Crippen molar-refractivity contribution in [2.24, 2.45) is 0 Å². The fraction of sp³-hybridized carbons (Fsp3) is 0.471. The Labute approximate surface area is 281 Å². The van der Waals surface area contributed by atoms with Crippen LogP contribution < -0.4 is 21.1 Å². The van der Waals surface area contributed by atoms with Crippen molar-refractivity contribution >= 4 is 33.3 Å². The van der Waals surface area contributed by atoms with Crippen LogP contribution in [0.4, 0.5) is 16.3 Å². The van der Waals surface area contributed by atoms with Gasteiger partial charge in [0, 0.05) is 24.3 Å². The second kappa shape index (κ2) is 14.5. The number of nitrogen functional groups attached to an aromatic ring is 1. The molecular weight excluding hydrogens is 638 g/mol. The molecule has 2 aliphatic heterocycles. The molecule has 0 fully saturated rings. The minimum atomic E-state index is -3.87. The summed E-state index contributed by atoms with van der Waals surface area (Å²) in [5.74, 6) is -0.411. The average molecular weight is 684 g/mol. The molecule has 3 aromatic rings. The van der Waals surface area contributed by atoms with Crippen molar-refractivity contribution in [1.82, 2.24) is 15.3 Å². The molecule has 5 N–H and O–H groups in total. The molecule has 260 valence electrons. The second-order valence-electron chi connectivity index (χ2n) is 13.7. The van der Waals surface area contributed by atoms with E-state index >= 15 is 0 Å². The highest BCUT2D eigenvalue weighted by Crippen LogP contribution is 2.34. The standard InChI is InChI=1S/C34H45N5O8S/c1-32(2,3)47-31(41)37-18-23-10-9-11-25-28(23)46-17-8-7-16-45-21-34(6,42)20-33(4,5)48(43,44)24-14-12-22(13-15-24)26-19-36-29(35)27(38-26)30(40)39-25/h9-15,19,42H,7-8,16-18,20-21H2,1-6H3,(H2,35,36)(H,37,41)(H,39,40)/t34-/m1/s1. The third-order valence-electron chi connectivity index (χ3n) is 7.52. The largest absolute Gasteiger partial charge is 0.491 e. The number of aromatic nitrogens is 2. The molecule has 48 heavy (non-hydrogen) atoms. The van der Waals surface area contributed by atoms with E-state index in [9.17, 15) is 23.1 Å². The summed E-state index contributed by atoms with van der Waals surface area (Å²) in [6.45, 7) is 10.5. The highest BCUT2D eigenvalue weighted by atomic mass is 32.2. The number of rotatable bonds is 2. The van der Waals surface area contributed by atoms with Gasteiger partial charge in [-0.25, -0.2) is 23.2 Å². The topological polar surface area (TPSA) is 192 Å². The van der Waals surface area contributed by atoms with Crippen molar-refractivity contribution in [3.05, 3.63) is 59.9 Å². The number of aliphatic hydroxyl groups is 1. The summed E-state index contributed by atoms with van der Waals surface area (Å²) in [4.78, 5) is 34.6. The summed E-state index contributed by atoms with van der Waals surface area (Å²) in [6, 6.07) is 11.2. The maximum absolute atomic E-state index is 13.6. The summed E-state index contributed by atoms with van der Waals surface area (Å²) in [5.41, 5.74) is 5.56. The van der Waals surface area contributed by atoms with Crippen LogP contribution in [0.1, 0.15) is 76.9 Å². The van der Waals surface area contributed by atoms with Crippen molar-refractivity contribution < 1.29 is 37.3 Å². The van der Waals surface area contributed by atoms with Gasteiger partial charge in [0.05, 0.1) is 46.0 Å². The molecule has 13 nitrogen and oxygen atoms in total. The van der Waals surface area contributed by atoms with E-state index in [4.69, 9.17) is 19.9 Å². The van der Waals surface area contributed by atoms with E-state index in [0.29, 0.717) is 47.7 Å². The summed E-state index contributed by atoms with van der Waals surface area (Å²) in [7, 11) is -3.87. The number of hydrogen-bond donors (Lipinski definition) is 4. The number of alkyl carbamates (subject to hydrolysis) is 1. The zero-order chi connectivity index (χ0) is 35.3. The first-order valence-corrected chi connectivity index (χ1v) is 17.2. The average Bonchev–Trinajstić information content (AvgIpc) is 2.98. The van der Waals surface area contributed by atoms with Crippen LogP contribution in [0.5, 0.6) is 5.75 Å². The van der Waals surface area contributed by atoms with Crippen LogP contribution in [0, 0.1) is 0 Å². The molecular formula is C34H45N5O8S. The van der Waals surface area contributed by atoms with Crippen LogP contribution in [-0.4, -0.2) is 71.3 Å². The SMILES string of the molecule is CC(C)(C)OC(=O)NCc1cccc2c1OCCCCOC[C@](C)(O)CC(C)(C)S(=O)(=O)c1ccc(cc1)-c1cnc(N)c(n1)C(=O)N2. The maximum Gasteiger partial charge on any atom is 0.407 e. The predicted octanol–water partition coefficient (Wildman–Crippen LogP) is 4.89. The highest BCUT2D eigenvalue weighted by Gasteiger charge is 2.41. The van der Waals surface area contributed by atoms with Gasteiger partial charge in [0.15, 0.2) is 21.3 Å². The first-order chi connectivity index (χ1) is 22.4. The smallest absolute Gasteiger partial charge is 0.407 e. The zero-order valence-electron chi connectivity index (χ0n) is 28.3. The van der Waals surface area contributed by atoms with Gasteiger partial charge < -0.3 is 35.7 Å². The minimum absolute atomic E-state index is 0.0563. The number of nitrogens with two attached hydrogens (primary N) is 1.